The third-order valence-corrected chi connectivity index (χ3v) is 2.40. The molecule has 0 saturated carbocycles. The predicted molar refractivity (Wildman–Crippen MR) is 64.1 cm³/mol. The lowest BCUT2D eigenvalue weighted by molar-refractivity contribution is 0.624. The van der Waals surface area contributed by atoms with E-state index in [1.807, 2.05) is 0 Å². The van der Waals surface area contributed by atoms with E-state index < -0.39 is 5.82 Å². The van der Waals surface area contributed by atoms with Crippen molar-refractivity contribution >= 4 is 27.6 Å². The molecule has 2 aromatic rings. The minimum Gasteiger partial charge on any atom is -0.323 e. The first kappa shape index (κ1) is 11.5. The molecule has 4 nitrogen and oxygen atoms in total. The maximum absolute atomic E-state index is 13.3. The number of rotatable bonds is 2. The van der Waals surface area contributed by atoms with Gasteiger partial charge in [0.05, 0.1) is 10.2 Å². The molecule has 0 saturated heterocycles. The van der Waals surface area contributed by atoms with Crippen LogP contribution in [0.5, 0.6) is 0 Å². The van der Waals surface area contributed by atoms with E-state index in [9.17, 15) is 4.39 Å². The molecule has 0 unspecified atom stereocenters. The molecular formula is C11H6BrFN4. The van der Waals surface area contributed by atoms with Crippen molar-refractivity contribution in [3.05, 3.63) is 46.4 Å². The number of hydrogen-bond donors (Lipinski definition) is 1. The van der Waals surface area contributed by atoms with Crippen molar-refractivity contribution in [2.45, 2.75) is 0 Å². The fourth-order valence-corrected chi connectivity index (χ4v) is 1.44. The maximum atomic E-state index is 13.3. The van der Waals surface area contributed by atoms with Gasteiger partial charge in [-0.15, -0.1) is 0 Å². The SMILES string of the molecule is N#Cc1c(F)cccc1Nc1ncc(Br)cn1. The molecule has 1 heterocycles. The van der Waals surface area contributed by atoms with E-state index in [1.54, 1.807) is 24.5 Å². The van der Waals surface area contributed by atoms with E-state index in [2.05, 4.69) is 31.2 Å². The molecule has 6 heteroatoms. The summed E-state index contributed by atoms with van der Waals surface area (Å²) in [5, 5.41) is 11.6. The zero-order chi connectivity index (χ0) is 12.3. The Morgan fingerprint density at radius 2 is 2.00 bits per heavy atom. The molecule has 0 radical (unpaired) electrons. The molecule has 1 aromatic heterocycles. The van der Waals surface area contributed by atoms with E-state index in [1.165, 1.54) is 12.1 Å². The van der Waals surface area contributed by atoms with Crippen LogP contribution < -0.4 is 5.32 Å². The number of hydrogen-bond acceptors (Lipinski definition) is 4. The molecule has 1 aromatic carbocycles. The largest absolute Gasteiger partial charge is 0.323 e. The fourth-order valence-electron chi connectivity index (χ4n) is 1.24. The standard InChI is InChI=1S/C11H6BrFN4/c12-7-5-15-11(16-6-7)17-10-3-1-2-9(13)8(10)4-14/h1-3,5-6H,(H,15,16,17). The van der Waals surface area contributed by atoms with Crippen LogP contribution in [0.4, 0.5) is 16.0 Å². The van der Waals surface area contributed by atoms with E-state index in [0.717, 1.165) is 4.47 Å². The van der Waals surface area contributed by atoms with Gasteiger partial charge in [0.1, 0.15) is 17.4 Å². The molecule has 0 atom stereocenters. The van der Waals surface area contributed by atoms with Crippen LogP contribution in [0.2, 0.25) is 0 Å². The van der Waals surface area contributed by atoms with Crippen LogP contribution >= 0.6 is 15.9 Å². The molecule has 0 fully saturated rings. The first-order chi connectivity index (χ1) is 8.20. The van der Waals surface area contributed by atoms with Crippen molar-refractivity contribution in [3.8, 4) is 6.07 Å². The first-order valence-corrected chi connectivity index (χ1v) is 5.43. The highest BCUT2D eigenvalue weighted by molar-refractivity contribution is 9.10. The van der Waals surface area contributed by atoms with Crippen LogP contribution in [-0.4, -0.2) is 9.97 Å². The molecule has 84 valence electrons. The Kier molecular flexibility index (Phi) is 3.30. The van der Waals surface area contributed by atoms with Gasteiger partial charge in [-0.05, 0) is 28.1 Å². The molecule has 0 bridgehead atoms. The maximum Gasteiger partial charge on any atom is 0.227 e. The van der Waals surface area contributed by atoms with Crippen LogP contribution in [-0.2, 0) is 0 Å². The summed E-state index contributed by atoms with van der Waals surface area (Å²) in [5.41, 5.74) is 0.286. The minimum absolute atomic E-state index is 0.0565. The van der Waals surface area contributed by atoms with Gasteiger partial charge in [-0.3, -0.25) is 0 Å². The average molecular weight is 293 g/mol. The summed E-state index contributed by atoms with van der Waals surface area (Å²) in [6.07, 6.45) is 3.11. The Bertz CT molecular complexity index is 577. The monoisotopic (exact) mass is 292 g/mol. The second kappa shape index (κ2) is 4.89. The molecule has 1 N–H and O–H groups in total. The quantitative estimate of drug-likeness (QED) is 0.924. The number of halogens is 2. The number of anilines is 2. The molecule has 0 aliphatic carbocycles. The lowest BCUT2D eigenvalue weighted by atomic mass is 10.2. The Labute approximate surface area is 105 Å². The molecule has 2 rings (SSSR count). The number of nitriles is 1. The van der Waals surface area contributed by atoms with Gasteiger partial charge in [0.15, 0.2) is 0 Å². The summed E-state index contributed by atoms with van der Waals surface area (Å²) in [4.78, 5) is 7.96. The predicted octanol–water partition coefficient (Wildman–Crippen LogP) is 2.99. The van der Waals surface area contributed by atoms with Crippen molar-refractivity contribution < 1.29 is 4.39 Å². The Morgan fingerprint density at radius 1 is 1.29 bits per heavy atom. The van der Waals surface area contributed by atoms with Crippen molar-refractivity contribution in [1.29, 1.82) is 5.26 Å². The minimum atomic E-state index is -0.574. The Balaban J connectivity index is 2.34. The number of aromatic nitrogens is 2. The highest BCUT2D eigenvalue weighted by atomic mass is 79.9. The first-order valence-electron chi connectivity index (χ1n) is 4.64. The zero-order valence-electron chi connectivity index (χ0n) is 8.48. The lowest BCUT2D eigenvalue weighted by Gasteiger charge is -2.06. The highest BCUT2D eigenvalue weighted by Crippen LogP contribution is 2.20. The molecule has 0 amide bonds. The average Bonchev–Trinajstić information content (AvgIpc) is 2.32. The van der Waals surface area contributed by atoms with Crippen LogP contribution in [0, 0.1) is 17.1 Å². The van der Waals surface area contributed by atoms with E-state index in [0.29, 0.717) is 11.6 Å². The van der Waals surface area contributed by atoms with Crippen molar-refractivity contribution in [2.75, 3.05) is 5.32 Å². The fraction of sp³-hybridized carbons (Fsp3) is 0. The molecule has 0 spiro atoms. The van der Waals surface area contributed by atoms with Crippen LogP contribution in [0.3, 0.4) is 0 Å². The molecule has 17 heavy (non-hydrogen) atoms. The van der Waals surface area contributed by atoms with Gasteiger partial charge in [0.2, 0.25) is 5.95 Å². The third kappa shape index (κ3) is 2.57. The Morgan fingerprint density at radius 3 is 2.65 bits per heavy atom. The molecule has 0 aliphatic heterocycles. The smallest absolute Gasteiger partial charge is 0.227 e. The summed E-state index contributed by atoms with van der Waals surface area (Å²) in [6.45, 7) is 0. The van der Waals surface area contributed by atoms with E-state index in [4.69, 9.17) is 5.26 Å². The van der Waals surface area contributed by atoms with Gasteiger partial charge in [-0.25, -0.2) is 14.4 Å². The molecular weight excluding hydrogens is 287 g/mol. The number of benzene rings is 1. The summed E-state index contributed by atoms with van der Waals surface area (Å²) in [6, 6.07) is 6.12. The van der Waals surface area contributed by atoms with Crippen LogP contribution in [0.25, 0.3) is 0 Å². The van der Waals surface area contributed by atoms with E-state index >= 15 is 0 Å². The van der Waals surface area contributed by atoms with Gasteiger partial charge < -0.3 is 5.32 Å². The van der Waals surface area contributed by atoms with Crippen LogP contribution in [0.15, 0.2) is 35.1 Å². The second-order valence-electron chi connectivity index (χ2n) is 3.12. The summed E-state index contributed by atoms with van der Waals surface area (Å²) in [5.74, 6) is -0.273. The van der Waals surface area contributed by atoms with E-state index in [-0.39, 0.29) is 5.56 Å². The summed E-state index contributed by atoms with van der Waals surface area (Å²) in [7, 11) is 0. The molecule has 0 aliphatic rings. The van der Waals surface area contributed by atoms with Crippen molar-refractivity contribution in [2.24, 2.45) is 0 Å². The van der Waals surface area contributed by atoms with Gasteiger partial charge in [-0.1, -0.05) is 6.07 Å². The highest BCUT2D eigenvalue weighted by Gasteiger charge is 2.08. The topological polar surface area (TPSA) is 61.6 Å². The van der Waals surface area contributed by atoms with Crippen LogP contribution in [0.1, 0.15) is 5.56 Å². The van der Waals surface area contributed by atoms with Crippen molar-refractivity contribution in [3.63, 3.8) is 0 Å². The van der Waals surface area contributed by atoms with Crippen molar-refractivity contribution in [1.82, 2.24) is 9.97 Å². The normalized spacial score (nSPS) is 9.71. The number of nitrogens with zero attached hydrogens (tertiary/aromatic N) is 3. The summed E-state index contributed by atoms with van der Waals surface area (Å²) < 4.78 is 14.0. The number of nitrogens with one attached hydrogen (secondary N) is 1. The van der Waals surface area contributed by atoms with Gasteiger partial charge in [-0.2, -0.15) is 5.26 Å². The Hall–Kier alpha value is -2.00. The van der Waals surface area contributed by atoms with Gasteiger partial charge in [0.25, 0.3) is 0 Å². The van der Waals surface area contributed by atoms with Gasteiger partial charge >= 0.3 is 0 Å². The van der Waals surface area contributed by atoms with Gasteiger partial charge in [0, 0.05) is 12.4 Å². The summed E-state index contributed by atoms with van der Waals surface area (Å²) >= 11 is 3.21. The third-order valence-electron chi connectivity index (χ3n) is 1.99. The lowest BCUT2D eigenvalue weighted by Crippen LogP contribution is -1.99. The zero-order valence-corrected chi connectivity index (χ0v) is 10.1. The second-order valence-corrected chi connectivity index (χ2v) is 4.04.